The molecule has 1 saturated carbocycles. The molecule has 1 rings (SSSR count). The van der Waals surface area contributed by atoms with Crippen LogP contribution in [-0.2, 0) is 9.59 Å². The molecule has 80 valence electrons. The van der Waals surface area contributed by atoms with Gasteiger partial charge in [-0.2, -0.15) is 0 Å². The van der Waals surface area contributed by atoms with Crippen molar-refractivity contribution in [2.45, 2.75) is 45.4 Å². The van der Waals surface area contributed by atoms with E-state index in [0.717, 1.165) is 25.7 Å². The molecule has 1 aliphatic rings. The van der Waals surface area contributed by atoms with E-state index < -0.39 is 11.9 Å². The molecule has 0 amide bonds. The lowest BCUT2D eigenvalue weighted by atomic mass is 9.76. The highest BCUT2D eigenvalue weighted by Gasteiger charge is 2.34. The minimum atomic E-state index is -0.792. The SMILES string of the molecule is CCCC(=O)[C@@H]1CCCC[C@H]1C(=O)O. The molecule has 0 heterocycles. The van der Waals surface area contributed by atoms with Gasteiger partial charge in [0.25, 0.3) is 0 Å². The van der Waals surface area contributed by atoms with Crippen LogP contribution in [0.3, 0.4) is 0 Å². The van der Waals surface area contributed by atoms with Crippen molar-refractivity contribution in [2.75, 3.05) is 0 Å². The van der Waals surface area contributed by atoms with E-state index in [1.807, 2.05) is 6.92 Å². The molecule has 0 aromatic rings. The van der Waals surface area contributed by atoms with Gasteiger partial charge in [-0.1, -0.05) is 19.8 Å². The van der Waals surface area contributed by atoms with Crippen molar-refractivity contribution in [1.29, 1.82) is 0 Å². The Labute approximate surface area is 84.5 Å². The van der Waals surface area contributed by atoms with Crippen LogP contribution < -0.4 is 0 Å². The summed E-state index contributed by atoms with van der Waals surface area (Å²) in [6.07, 6.45) is 4.76. The molecule has 0 saturated heterocycles. The van der Waals surface area contributed by atoms with Gasteiger partial charge in [0.1, 0.15) is 5.78 Å². The first-order valence-electron chi connectivity index (χ1n) is 5.42. The maximum atomic E-state index is 11.6. The first-order chi connectivity index (χ1) is 6.66. The number of rotatable bonds is 4. The maximum absolute atomic E-state index is 11.6. The zero-order valence-corrected chi connectivity index (χ0v) is 8.66. The molecule has 0 radical (unpaired) electrons. The maximum Gasteiger partial charge on any atom is 0.307 e. The number of Topliss-reactive ketones (excluding diaryl/α,β-unsaturated/α-hetero) is 1. The molecule has 14 heavy (non-hydrogen) atoms. The molecule has 0 aliphatic heterocycles. The van der Waals surface area contributed by atoms with Crippen LogP contribution >= 0.6 is 0 Å². The predicted molar refractivity (Wildman–Crippen MR) is 53.0 cm³/mol. The van der Waals surface area contributed by atoms with Crippen LogP contribution in [0, 0.1) is 11.8 Å². The van der Waals surface area contributed by atoms with Crippen LogP contribution in [-0.4, -0.2) is 16.9 Å². The fourth-order valence-electron chi connectivity index (χ4n) is 2.24. The molecular weight excluding hydrogens is 180 g/mol. The molecule has 3 nitrogen and oxygen atoms in total. The van der Waals surface area contributed by atoms with Crippen molar-refractivity contribution in [3.8, 4) is 0 Å². The highest BCUT2D eigenvalue weighted by atomic mass is 16.4. The van der Waals surface area contributed by atoms with Gasteiger partial charge in [0.2, 0.25) is 0 Å². The van der Waals surface area contributed by atoms with Gasteiger partial charge in [-0.05, 0) is 19.3 Å². The molecule has 1 aliphatic carbocycles. The standard InChI is InChI=1S/C11H18O3/c1-2-5-10(12)8-6-3-4-7-9(8)11(13)14/h8-9H,2-7H2,1H3,(H,13,14)/t8-,9-/m1/s1. The molecule has 0 bridgehead atoms. The topological polar surface area (TPSA) is 54.4 Å². The number of hydrogen-bond acceptors (Lipinski definition) is 2. The fourth-order valence-corrected chi connectivity index (χ4v) is 2.24. The van der Waals surface area contributed by atoms with Gasteiger partial charge in [-0.15, -0.1) is 0 Å². The smallest absolute Gasteiger partial charge is 0.307 e. The Morgan fingerprint density at radius 3 is 2.29 bits per heavy atom. The summed E-state index contributed by atoms with van der Waals surface area (Å²) in [7, 11) is 0. The van der Waals surface area contributed by atoms with Gasteiger partial charge in [-0.25, -0.2) is 0 Å². The Morgan fingerprint density at radius 2 is 1.79 bits per heavy atom. The van der Waals surface area contributed by atoms with E-state index in [1.165, 1.54) is 0 Å². The van der Waals surface area contributed by atoms with Gasteiger partial charge < -0.3 is 5.11 Å². The van der Waals surface area contributed by atoms with E-state index in [2.05, 4.69) is 0 Å². The van der Waals surface area contributed by atoms with Crippen molar-refractivity contribution in [3.63, 3.8) is 0 Å². The predicted octanol–water partition coefficient (Wildman–Crippen LogP) is 2.25. The molecule has 0 aromatic heterocycles. The van der Waals surface area contributed by atoms with E-state index in [0.29, 0.717) is 12.8 Å². The quantitative estimate of drug-likeness (QED) is 0.753. The second-order valence-electron chi connectivity index (χ2n) is 4.05. The third-order valence-electron chi connectivity index (χ3n) is 2.99. The molecule has 1 fully saturated rings. The fraction of sp³-hybridized carbons (Fsp3) is 0.818. The molecule has 2 atom stereocenters. The molecular formula is C11H18O3. The van der Waals surface area contributed by atoms with Crippen LogP contribution in [0.2, 0.25) is 0 Å². The molecule has 0 spiro atoms. The Balaban J connectivity index is 2.62. The number of ketones is 1. The van der Waals surface area contributed by atoms with Crippen LogP contribution in [0.4, 0.5) is 0 Å². The van der Waals surface area contributed by atoms with Crippen LogP contribution in [0.15, 0.2) is 0 Å². The van der Waals surface area contributed by atoms with Crippen molar-refractivity contribution in [2.24, 2.45) is 11.8 Å². The first-order valence-corrected chi connectivity index (χ1v) is 5.42. The zero-order chi connectivity index (χ0) is 10.6. The summed E-state index contributed by atoms with van der Waals surface area (Å²) in [5.74, 6) is -1.26. The Kier molecular flexibility index (Phi) is 4.11. The normalized spacial score (nSPS) is 27.2. The Morgan fingerprint density at radius 1 is 1.21 bits per heavy atom. The average molecular weight is 198 g/mol. The molecule has 0 aromatic carbocycles. The minimum absolute atomic E-state index is 0.152. The number of aliphatic carboxylic acids is 1. The summed E-state index contributed by atoms with van der Waals surface area (Å²) in [5, 5.41) is 8.97. The van der Waals surface area contributed by atoms with Gasteiger partial charge >= 0.3 is 5.97 Å². The monoisotopic (exact) mass is 198 g/mol. The summed E-state index contributed by atoms with van der Waals surface area (Å²) in [5.41, 5.74) is 0. The number of carbonyl (C=O) groups excluding carboxylic acids is 1. The highest BCUT2D eigenvalue weighted by molar-refractivity contribution is 5.86. The van der Waals surface area contributed by atoms with Crippen LogP contribution in [0.1, 0.15) is 45.4 Å². The Hall–Kier alpha value is -0.860. The lowest BCUT2D eigenvalue weighted by Gasteiger charge is -2.27. The Bertz CT molecular complexity index is 223. The van der Waals surface area contributed by atoms with Crippen LogP contribution in [0.5, 0.6) is 0 Å². The van der Waals surface area contributed by atoms with Crippen LogP contribution in [0.25, 0.3) is 0 Å². The summed E-state index contributed by atoms with van der Waals surface area (Å²) in [4.78, 5) is 22.6. The van der Waals surface area contributed by atoms with E-state index in [1.54, 1.807) is 0 Å². The minimum Gasteiger partial charge on any atom is -0.481 e. The summed E-state index contributed by atoms with van der Waals surface area (Å²) in [6.45, 7) is 1.95. The molecule has 1 N–H and O–H groups in total. The second-order valence-corrected chi connectivity index (χ2v) is 4.05. The van der Waals surface area contributed by atoms with Crippen molar-refractivity contribution in [1.82, 2.24) is 0 Å². The number of carbonyl (C=O) groups is 2. The van der Waals surface area contributed by atoms with Crippen molar-refractivity contribution >= 4 is 11.8 Å². The van der Waals surface area contributed by atoms with E-state index in [9.17, 15) is 9.59 Å². The molecule has 3 heteroatoms. The lowest BCUT2D eigenvalue weighted by molar-refractivity contribution is -0.148. The van der Waals surface area contributed by atoms with E-state index in [4.69, 9.17) is 5.11 Å². The zero-order valence-electron chi connectivity index (χ0n) is 8.66. The lowest BCUT2D eigenvalue weighted by Crippen LogP contribution is -2.32. The van der Waals surface area contributed by atoms with Gasteiger partial charge in [-0.3, -0.25) is 9.59 Å². The third kappa shape index (κ3) is 2.56. The summed E-state index contributed by atoms with van der Waals surface area (Å²) < 4.78 is 0. The first kappa shape index (κ1) is 11.2. The van der Waals surface area contributed by atoms with E-state index in [-0.39, 0.29) is 11.7 Å². The highest BCUT2D eigenvalue weighted by Crippen LogP contribution is 2.31. The number of carboxylic acid groups (broad SMARTS) is 1. The third-order valence-corrected chi connectivity index (χ3v) is 2.99. The van der Waals surface area contributed by atoms with Crippen molar-refractivity contribution < 1.29 is 14.7 Å². The number of hydrogen-bond donors (Lipinski definition) is 1. The van der Waals surface area contributed by atoms with Gasteiger partial charge in [0.05, 0.1) is 5.92 Å². The summed E-state index contributed by atoms with van der Waals surface area (Å²) >= 11 is 0. The average Bonchev–Trinajstić information content (AvgIpc) is 2.18. The van der Waals surface area contributed by atoms with Gasteiger partial charge in [0.15, 0.2) is 0 Å². The second kappa shape index (κ2) is 5.13. The van der Waals surface area contributed by atoms with E-state index >= 15 is 0 Å². The molecule has 0 unspecified atom stereocenters. The van der Waals surface area contributed by atoms with Gasteiger partial charge in [0, 0.05) is 12.3 Å². The largest absolute Gasteiger partial charge is 0.481 e. The van der Waals surface area contributed by atoms with Crippen molar-refractivity contribution in [3.05, 3.63) is 0 Å². The number of carboxylic acids is 1. The summed E-state index contributed by atoms with van der Waals surface area (Å²) in [6, 6.07) is 0.